The van der Waals surface area contributed by atoms with Gasteiger partial charge in [-0.15, -0.1) is 0 Å². The molecule has 0 atom stereocenters. The molecule has 5 heavy (non-hydrogen) atoms. The van der Waals surface area contributed by atoms with Crippen LogP contribution in [0.3, 0.4) is 0 Å². The standard InChI is InChI=1S/4Al.Nd. The fourth-order valence-electron chi connectivity index (χ4n) is 0. The van der Waals surface area contributed by atoms with Crippen molar-refractivity contribution in [2.75, 3.05) is 0 Å². The summed E-state index contributed by atoms with van der Waals surface area (Å²) in [6.07, 6.45) is 0. The van der Waals surface area contributed by atoms with E-state index in [4.69, 9.17) is 0 Å². The van der Waals surface area contributed by atoms with Gasteiger partial charge >= 0.3 is 0 Å². The van der Waals surface area contributed by atoms with Crippen LogP contribution in [0.5, 0.6) is 0 Å². The van der Waals surface area contributed by atoms with Gasteiger partial charge in [-0.3, -0.25) is 0 Å². The number of hydrogen-bond donors (Lipinski definition) is 0. The maximum absolute atomic E-state index is 0. The third kappa shape index (κ3) is 18.5. The van der Waals surface area contributed by atoms with E-state index in [0.717, 1.165) is 0 Å². The van der Waals surface area contributed by atoms with Crippen molar-refractivity contribution in [1.29, 1.82) is 0 Å². The van der Waals surface area contributed by atoms with Gasteiger partial charge in [0.1, 0.15) is 0 Å². The Labute approximate surface area is 108 Å². The van der Waals surface area contributed by atoms with Crippen LogP contribution in [0.2, 0.25) is 0 Å². The summed E-state index contributed by atoms with van der Waals surface area (Å²) >= 11 is 0. The van der Waals surface area contributed by atoms with E-state index < -0.39 is 0 Å². The van der Waals surface area contributed by atoms with Crippen LogP contribution < -0.4 is 0 Å². The molecule has 0 N–H and O–H groups in total. The second-order valence-electron chi connectivity index (χ2n) is 0. The van der Waals surface area contributed by atoms with E-state index >= 15 is 0 Å². The molecule has 0 unspecified atom stereocenters. The summed E-state index contributed by atoms with van der Waals surface area (Å²) in [6, 6.07) is 0. The summed E-state index contributed by atoms with van der Waals surface area (Å²) in [5, 5.41) is 0. The van der Waals surface area contributed by atoms with Gasteiger partial charge in [0.15, 0.2) is 0 Å². The molecule has 0 nitrogen and oxygen atoms in total. The largest absolute Gasteiger partial charge is 0 e. The topological polar surface area (TPSA) is 0 Å². The van der Waals surface area contributed by atoms with Crippen LogP contribution >= 0.6 is 0 Å². The molecule has 0 saturated carbocycles. The Kier molecular flexibility index (Phi) is 203. The predicted octanol–water partition coefficient (Wildman–Crippen LogP) is -1.52. The van der Waals surface area contributed by atoms with Crippen LogP contribution in [0, 0.1) is 40.8 Å². The van der Waals surface area contributed by atoms with E-state index in [2.05, 4.69) is 0 Å². The average molecular weight is 252 g/mol. The van der Waals surface area contributed by atoms with Crippen molar-refractivity contribution in [2.45, 2.75) is 0 Å². The van der Waals surface area contributed by atoms with Gasteiger partial charge in [-0.2, -0.15) is 0 Å². The van der Waals surface area contributed by atoms with Crippen molar-refractivity contribution in [3.05, 3.63) is 0 Å². The van der Waals surface area contributed by atoms with Gasteiger partial charge in [-0.25, -0.2) is 0 Å². The van der Waals surface area contributed by atoms with Crippen LogP contribution in [0.1, 0.15) is 0 Å². The van der Waals surface area contributed by atoms with Crippen molar-refractivity contribution in [1.82, 2.24) is 0 Å². The molecule has 0 aliphatic heterocycles. The molecule has 12 radical (unpaired) electrons. The van der Waals surface area contributed by atoms with E-state index in [1.54, 1.807) is 0 Å². The van der Waals surface area contributed by atoms with Crippen molar-refractivity contribution in [3.63, 3.8) is 0 Å². The fourth-order valence-corrected chi connectivity index (χ4v) is 0. The van der Waals surface area contributed by atoms with Crippen molar-refractivity contribution < 1.29 is 40.8 Å². The fraction of sp³-hybridized carbons (Fsp3) is 0. The van der Waals surface area contributed by atoms with E-state index in [1.807, 2.05) is 0 Å². The number of hydrogen-bond acceptors (Lipinski definition) is 0. The Morgan fingerprint density at radius 3 is 0.400 bits per heavy atom. The van der Waals surface area contributed by atoms with Gasteiger partial charge in [0.25, 0.3) is 0 Å². The first-order valence-corrected chi connectivity index (χ1v) is 0. The Morgan fingerprint density at radius 2 is 0.400 bits per heavy atom. The molecule has 0 aliphatic carbocycles. The third-order valence-corrected chi connectivity index (χ3v) is 0. The minimum Gasteiger partial charge on any atom is 0 e. The zero-order chi connectivity index (χ0) is 0. The normalized spacial score (nSPS) is 0. The Hall–Kier alpha value is 3.48. The van der Waals surface area contributed by atoms with Gasteiger partial charge in [0, 0.05) is 110 Å². The zero-order valence-corrected chi connectivity index (χ0v) is 10.6. The molecule has 0 amide bonds. The first-order valence-electron chi connectivity index (χ1n) is 0. The first-order chi connectivity index (χ1) is 0. The van der Waals surface area contributed by atoms with Crippen molar-refractivity contribution >= 4 is 69.4 Å². The van der Waals surface area contributed by atoms with Crippen molar-refractivity contribution in [3.8, 4) is 0 Å². The summed E-state index contributed by atoms with van der Waals surface area (Å²) in [6.45, 7) is 0. The molecule has 5 heteroatoms. The third-order valence-electron chi connectivity index (χ3n) is 0. The van der Waals surface area contributed by atoms with E-state index in [0.29, 0.717) is 0 Å². The Balaban J connectivity index is 0. The van der Waals surface area contributed by atoms with Crippen LogP contribution in [-0.2, 0) is 0 Å². The summed E-state index contributed by atoms with van der Waals surface area (Å²) in [4.78, 5) is 0. The Morgan fingerprint density at radius 1 is 0.400 bits per heavy atom. The molecular weight excluding hydrogens is 252 g/mol. The van der Waals surface area contributed by atoms with E-state index in [1.165, 1.54) is 0 Å². The maximum atomic E-state index is 0. The molecule has 0 bridgehead atoms. The molecular formula is Al4Nd. The molecule has 0 heterocycles. The second kappa shape index (κ2) is 25.9. The maximum Gasteiger partial charge on any atom is 0 e. The quantitative estimate of drug-likeness (QED) is 0.459. The molecule has 0 rings (SSSR count). The van der Waals surface area contributed by atoms with Gasteiger partial charge in [0.05, 0.1) is 0 Å². The monoisotopic (exact) mass is 250 g/mol. The van der Waals surface area contributed by atoms with Crippen LogP contribution in [0.25, 0.3) is 0 Å². The zero-order valence-electron chi connectivity index (χ0n) is 2.81. The minimum absolute atomic E-state index is 0. The SMILES string of the molecule is [Al].[Al].[Al].[Al].[Nd]. The summed E-state index contributed by atoms with van der Waals surface area (Å²) in [5.41, 5.74) is 0. The van der Waals surface area contributed by atoms with Crippen LogP contribution in [0.4, 0.5) is 0 Å². The molecule has 16 valence electrons. The first kappa shape index (κ1) is 39.2. The van der Waals surface area contributed by atoms with Crippen LogP contribution in [0.15, 0.2) is 0 Å². The molecule has 0 aliphatic rings. The Bertz CT molecular complexity index is 3.61. The van der Waals surface area contributed by atoms with Crippen LogP contribution in [-0.4, -0.2) is 69.4 Å². The summed E-state index contributed by atoms with van der Waals surface area (Å²) < 4.78 is 0. The molecule has 0 aromatic heterocycles. The summed E-state index contributed by atoms with van der Waals surface area (Å²) in [5.74, 6) is 0. The van der Waals surface area contributed by atoms with Gasteiger partial charge in [-0.1, -0.05) is 0 Å². The minimum atomic E-state index is 0. The van der Waals surface area contributed by atoms with Gasteiger partial charge in [0.2, 0.25) is 0 Å². The average Bonchev–Trinajstić information content (AvgIpc) is 0. The molecule has 0 aromatic rings. The molecule has 0 aromatic carbocycles. The molecule has 0 spiro atoms. The molecule has 0 saturated heterocycles. The molecule has 0 fully saturated rings. The van der Waals surface area contributed by atoms with Crippen molar-refractivity contribution in [2.24, 2.45) is 0 Å². The van der Waals surface area contributed by atoms with E-state index in [9.17, 15) is 0 Å². The smallest absolute Gasteiger partial charge is 0 e. The summed E-state index contributed by atoms with van der Waals surface area (Å²) in [7, 11) is 0. The van der Waals surface area contributed by atoms with Gasteiger partial charge < -0.3 is 0 Å². The van der Waals surface area contributed by atoms with E-state index in [-0.39, 0.29) is 110 Å². The van der Waals surface area contributed by atoms with Gasteiger partial charge in [-0.05, 0) is 0 Å². The number of rotatable bonds is 0. The predicted molar refractivity (Wildman–Crippen MR) is 23.0 cm³/mol. The second-order valence-corrected chi connectivity index (χ2v) is 0.